The van der Waals surface area contributed by atoms with Gasteiger partial charge in [-0.15, -0.1) is 0 Å². The summed E-state index contributed by atoms with van der Waals surface area (Å²) < 4.78 is 11.3. The summed E-state index contributed by atoms with van der Waals surface area (Å²) in [6, 6.07) is 5.96. The first-order valence-electron chi connectivity index (χ1n) is 9.58. The Labute approximate surface area is 157 Å². The van der Waals surface area contributed by atoms with Crippen molar-refractivity contribution in [2.45, 2.75) is 44.9 Å². The van der Waals surface area contributed by atoms with Crippen LogP contribution in [0, 0.1) is 0 Å². The van der Waals surface area contributed by atoms with Crippen LogP contribution in [-0.2, 0) is 6.54 Å². The summed E-state index contributed by atoms with van der Waals surface area (Å²) in [7, 11) is 3.74. The lowest BCUT2D eigenvalue weighted by molar-refractivity contribution is 0.0333. The molecule has 0 spiro atoms. The molecule has 6 nitrogen and oxygen atoms in total. The van der Waals surface area contributed by atoms with Crippen molar-refractivity contribution in [2.75, 3.05) is 46.9 Å². The predicted molar refractivity (Wildman–Crippen MR) is 103 cm³/mol. The molecule has 1 fully saturated rings. The summed E-state index contributed by atoms with van der Waals surface area (Å²) in [4.78, 5) is 4.44. The van der Waals surface area contributed by atoms with Crippen molar-refractivity contribution in [1.29, 1.82) is 0 Å². The first kappa shape index (κ1) is 21.0. The number of piperidine rings is 1. The highest BCUT2D eigenvalue weighted by Crippen LogP contribution is 2.28. The van der Waals surface area contributed by atoms with E-state index in [9.17, 15) is 10.2 Å². The highest BCUT2D eigenvalue weighted by Gasteiger charge is 2.20. The maximum Gasteiger partial charge on any atom is 0.161 e. The second-order valence-electron chi connectivity index (χ2n) is 7.22. The monoisotopic (exact) mass is 366 g/mol. The first-order valence-corrected chi connectivity index (χ1v) is 9.58. The molecule has 2 N–H and O–H groups in total. The number of hydrogen-bond acceptors (Lipinski definition) is 6. The molecule has 0 radical (unpaired) electrons. The zero-order valence-electron chi connectivity index (χ0n) is 16.4. The molecule has 1 aliphatic heterocycles. The number of aliphatic hydroxyl groups excluding tert-OH is 2. The van der Waals surface area contributed by atoms with Crippen LogP contribution in [0.1, 0.15) is 31.7 Å². The fourth-order valence-corrected chi connectivity index (χ4v) is 3.34. The molecule has 2 rings (SSSR count). The van der Waals surface area contributed by atoms with Crippen LogP contribution in [0.2, 0.25) is 0 Å². The average Bonchev–Trinajstić information content (AvgIpc) is 2.62. The van der Waals surface area contributed by atoms with E-state index in [0.29, 0.717) is 18.0 Å². The van der Waals surface area contributed by atoms with E-state index in [1.165, 1.54) is 5.56 Å². The molecular formula is C20H34N2O4. The second kappa shape index (κ2) is 10.7. The fourth-order valence-electron chi connectivity index (χ4n) is 3.34. The molecule has 0 unspecified atom stereocenters. The third kappa shape index (κ3) is 6.76. The van der Waals surface area contributed by atoms with Crippen LogP contribution in [0.4, 0.5) is 0 Å². The average molecular weight is 367 g/mol. The number of hydrogen-bond donors (Lipinski definition) is 2. The van der Waals surface area contributed by atoms with E-state index in [0.717, 1.165) is 45.4 Å². The minimum atomic E-state index is -0.565. The largest absolute Gasteiger partial charge is 0.493 e. The Balaban J connectivity index is 1.84. The number of nitrogens with zero attached hydrogens (tertiary/aromatic N) is 2. The van der Waals surface area contributed by atoms with E-state index in [1.807, 2.05) is 18.2 Å². The zero-order chi connectivity index (χ0) is 18.9. The maximum absolute atomic E-state index is 10.2. The highest BCUT2D eigenvalue weighted by atomic mass is 16.5. The third-order valence-electron chi connectivity index (χ3n) is 4.74. The summed E-state index contributed by atoms with van der Waals surface area (Å²) in [5.41, 5.74) is 1.18. The summed E-state index contributed by atoms with van der Waals surface area (Å²) in [6.07, 6.45) is 1.91. The van der Waals surface area contributed by atoms with Crippen molar-refractivity contribution in [3.05, 3.63) is 23.8 Å². The van der Waals surface area contributed by atoms with Crippen molar-refractivity contribution in [1.82, 2.24) is 9.80 Å². The zero-order valence-corrected chi connectivity index (χ0v) is 16.4. The Hall–Kier alpha value is -1.34. The van der Waals surface area contributed by atoms with E-state index in [2.05, 4.69) is 23.8 Å². The van der Waals surface area contributed by atoms with E-state index in [1.54, 1.807) is 7.11 Å². The van der Waals surface area contributed by atoms with Gasteiger partial charge < -0.3 is 29.5 Å². The summed E-state index contributed by atoms with van der Waals surface area (Å²) >= 11 is 0. The minimum Gasteiger partial charge on any atom is -0.493 e. The molecule has 0 saturated carbocycles. The topological polar surface area (TPSA) is 65.4 Å². The van der Waals surface area contributed by atoms with Gasteiger partial charge in [0.05, 0.1) is 13.2 Å². The second-order valence-corrected chi connectivity index (χ2v) is 7.22. The van der Waals surface area contributed by atoms with Gasteiger partial charge in [0, 0.05) is 26.2 Å². The molecule has 0 aliphatic carbocycles. The maximum atomic E-state index is 10.2. The molecule has 26 heavy (non-hydrogen) atoms. The minimum absolute atomic E-state index is 0.196. The van der Waals surface area contributed by atoms with Crippen LogP contribution in [0.5, 0.6) is 11.5 Å². The van der Waals surface area contributed by atoms with Gasteiger partial charge in [-0.2, -0.15) is 0 Å². The Morgan fingerprint density at radius 3 is 2.65 bits per heavy atom. The summed E-state index contributed by atoms with van der Waals surface area (Å²) in [5, 5.41) is 19.8. The number of rotatable bonds is 10. The number of β-amino-alcohol motifs (C(OH)–C–C–N with tert-alkyl or cyclic N) is 1. The van der Waals surface area contributed by atoms with Crippen molar-refractivity contribution >= 4 is 0 Å². The van der Waals surface area contributed by atoms with Crippen LogP contribution in [-0.4, -0.2) is 79.2 Å². The van der Waals surface area contributed by atoms with Gasteiger partial charge >= 0.3 is 0 Å². The first-order chi connectivity index (χ1) is 12.5. The van der Waals surface area contributed by atoms with Gasteiger partial charge in [0.25, 0.3) is 0 Å². The molecule has 1 aliphatic rings. The van der Waals surface area contributed by atoms with E-state index in [-0.39, 0.29) is 12.7 Å². The molecule has 0 amide bonds. The SMILES string of the molecule is CCCN(C)Cc1ccc(OC[C@H](O)CN2CCC(O)CC2)c(OC)c1. The van der Waals surface area contributed by atoms with Gasteiger partial charge in [0.1, 0.15) is 12.7 Å². The highest BCUT2D eigenvalue weighted by molar-refractivity contribution is 5.43. The Morgan fingerprint density at radius 2 is 2.00 bits per heavy atom. The number of ether oxygens (including phenoxy) is 2. The number of methoxy groups -OCH3 is 1. The number of likely N-dealkylation sites (tertiary alicyclic amines) is 1. The van der Waals surface area contributed by atoms with Crippen molar-refractivity contribution in [2.24, 2.45) is 0 Å². The van der Waals surface area contributed by atoms with Crippen molar-refractivity contribution in [3.8, 4) is 11.5 Å². The van der Waals surface area contributed by atoms with Crippen LogP contribution in [0.25, 0.3) is 0 Å². The third-order valence-corrected chi connectivity index (χ3v) is 4.74. The standard InChI is InChI=1S/C20H34N2O4/c1-4-9-21(2)13-16-5-6-19(20(12-16)25-3)26-15-18(24)14-22-10-7-17(23)8-11-22/h5-6,12,17-18,23-24H,4,7-11,13-15H2,1-3H3/t18-/m1/s1. The Bertz CT molecular complexity index is 533. The van der Waals surface area contributed by atoms with Gasteiger partial charge in [-0.3, -0.25) is 0 Å². The molecule has 1 atom stereocenters. The quantitative estimate of drug-likeness (QED) is 0.658. The molecule has 1 aromatic rings. The number of aliphatic hydroxyl groups is 2. The molecular weight excluding hydrogens is 332 g/mol. The predicted octanol–water partition coefficient (Wildman–Crippen LogP) is 1.73. The van der Waals surface area contributed by atoms with E-state index < -0.39 is 6.10 Å². The molecule has 0 bridgehead atoms. The van der Waals surface area contributed by atoms with E-state index in [4.69, 9.17) is 9.47 Å². The van der Waals surface area contributed by atoms with Gasteiger partial charge in [0.2, 0.25) is 0 Å². The van der Waals surface area contributed by atoms with Crippen LogP contribution in [0.3, 0.4) is 0 Å². The number of benzene rings is 1. The van der Waals surface area contributed by atoms with Gasteiger partial charge in [0.15, 0.2) is 11.5 Å². The smallest absolute Gasteiger partial charge is 0.161 e. The Morgan fingerprint density at radius 1 is 1.27 bits per heavy atom. The summed E-state index contributed by atoms with van der Waals surface area (Å²) in [5.74, 6) is 1.35. The molecule has 6 heteroatoms. The molecule has 148 valence electrons. The Kier molecular flexibility index (Phi) is 8.65. The van der Waals surface area contributed by atoms with Crippen LogP contribution < -0.4 is 9.47 Å². The summed E-state index contributed by atoms with van der Waals surface area (Å²) in [6.45, 7) is 6.53. The van der Waals surface area contributed by atoms with Crippen LogP contribution in [0.15, 0.2) is 18.2 Å². The lowest BCUT2D eigenvalue weighted by Crippen LogP contribution is -2.41. The molecule has 1 aromatic carbocycles. The van der Waals surface area contributed by atoms with Gasteiger partial charge in [-0.1, -0.05) is 13.0 Å². The lowest BCUT2D eigenvalue weighted by Gasteiger charge is -2.30. The molecule has 1 heterocycles. The van der Waals surface area contributed by atoms with Gasteiger partial charge in [-0.05, 0) is 50.6 Å². The van der Waals surface area contributed by atoms with Crippen molar-refractivity contribution < 1.29 is 19.7 Å². The molecule has 1 saturated heterocycles. The normalized spacial score (nSPS) is 17.5. The fraction of sp³-hybridized carbons (Fsp3) is 0.700. The van der Waals surface area contributed by atoms with Crippen LogP contribution >= 0.6 is 0 Å². The lowest BCUT2D eigenvalue weighted by atomic mass is 10.1. The van der Waals surface area contributed by atoms with E-state index >= 15 is 0 Å². The van der Waals surface area contributed by atoms with Crippen molar-refractivity contribution in [3.63, 3.8) is 0 Å². The van der Waals surface area contributed by atoms with Gasteiger partial charge in [-0.25, -0.2) is 0 Å². The molecule has 0 aromatic heterocycles.